The van der Waals surface area contributed by atoms with Gasteiger partial charge in [-0.05, 0) is 65.2 Å². The van der Waals surface area contributed by atoms with Gasteiger partial charge in [0, 0.05) is 21.8 Å². The molecule has 2 aliphatic carbocycles. The van der Waals surface area contributed by atoms with E-state index in [0.717, 1.165) is 16.8 Å². The highest BCUT2D eigenvalue weighted by molar-refractivity contribution is 9.10. The summed E-state index contributed by atoms with van der Waals surface area (Å²) in [6, 6.07) is 5.74. The van der Waals surface area contributed by atoms with Gasteiger partial charge < -0.3 is 11.1 Å². The molecule has 3 unspecified atom stereocenters. The average Bonchev–Trinajstić information content (AvgIpc) is 2.94. The number of nitrogens with two attached hydrogens (primary N) is 1. The van der Waals surface area contributed by atoms with Gasteiger partial charge in [-0.3, -0.25) is 4.79 Å². The van der Waals surface area contributed by atoms with Crippen molar-refractivity contribution < 1.29 is 4.79 Å². The second-order valence-corrected chi connectivity index (χ2v) is 6.35. The van der Waals surface area contributed by atoms with Gasteiger partial charge in [-0.1, -0.05) is 6.42 Å². The first kappa shape index (κ1) is 12.0. The fraction of sp³-hybridized carbons (Fsp3) is 0.500. The standard InChI is InChI=1S/C14H17BrN2O/c15-11-4-3-10(7-12(11)16)14(18)17-13-6-8-1-2-9(13)5-8/h3-4,7-9,13H,1-2,5-6,16H2,(H,17,18). The zero-order valence-corrected chi connectivity index (χ0v) is 11.7. The Bertz CT molecular complexity index is 489. The van der Waals surface area contributed by atoms with Crippen molar-refractivity contribution in [3.05, 3.63) is 28.2 Å². The predicted molar refractivity (Wildman–Crippen MR) is 75.3 cm³/mol. The van der Waals surface area contributed by atoms with Crippen molar-refractivity contribution >= 4 is 27.5 Å². The Morgan fingerprint density at radius 2 is 2.17 bits per heavy atom. The largest absolute Gasteiger partial charge is 0.398 e. The quantitative estimate of drug-likeness (QED) is 0.825. The smallest absolute Gasteiger partial charge is 0.251 e. The van der Waals surface area contributed by atoms with E-state index in [0.29, 0.717) is 23.2 Å². The summed E-state index contributed by atoms with van der Waals surface area (Å²) in [6.45, 7) is 0. The van der Waals surface area contributed by atoms with Gasteiger partial charge in [-0.15, -0.1) is 0 Å². The van der Waals surface area contributed by atoms with Crippen LogP contribution in [0, 0.1) is 11.8 Å². The molecule has 2 saturated carbocycles. The van der Waals surface area contributed by atoms with E-state index in [9.17, 15) is 4.79 Å². The summed E-state index contributed by atoms with van der Waals surface area (Å²) in [7, 11) is 0. The van der Waals surface area contributed by atoms with Crippen molar-refractivity contribution in [2.75, 3.05) is 5.73 Å². The molecule has 3 atom stereocenters. The van der Waals surface area contributed by atoms with Gasteiger partial charge in [0.05, 0.1) is 0 Å². The Kier molecular flexibility index (Phi) is 3.06. The van der Waals surface area contributed by atoms with Crippen molar-refractivity contribution in [2.45, 2.75) is 31.7 Å². The normalized spacial score (nSPS) is 29.5. The van der Waals surface area contributed by atoms with Crippen molar-refractivity contribution in [1.29, 1.82) is 0 Å². The molecule has 1 amide bonds. The number of amides is 1. The first-order valence-corrected chi connectivity index (χ1v) is 7.28. The van der Waals surface area contributed by atoms with Crippen LogP contribution in [0.4, 0.5) is 5.69 Å². The van der Waals surface area contributed by atoms with E-state index in [-0.39, 0.29) is 5.91 Å². The fourth-order valence-corrected chi connectivity index (χ4v) is 3.60. The Hall–Kier alpha value is -1.03. The van der Waals surface area contributed by atoms with Crippen LogP contribution in [0.3, 0.4) is 0 Å². The summed E-state index contributed by atoms with van der Waals surface area (Å²) in [6.07, 6.45) is 5.08. The topological polar surface area (TPSA) is 55.1 Å². The molecule has 4 heteroatoms. The van der Waals surface area contributed by atoms with Gasteiger partial charge in [0.1, 0.15) is 0 Å². The third-order valence-electron chi connectivity index (χ3n) is 4.31. The van der Waals surface area contributed by atoms with E-state index in [1.165, 1.54) is 19.3 Å². The summed E-state index contributed by atoms with van der Waals surface area (Å²) in [5, 5.41) is 3.16. The molecule has 0 radical (unpaired) electrons. The third-order valence-corrected chi connectivity index (χ3v) is 5.03. The lowest BCUT2D eigenvalue weighted by Gasteiger charge is -2.23. The molecule has 1 aromatic carbocycles. The number of nitrogens with one attached hydrogen (secondary N) is 1. The molecule has 0 aliphatic heterocycles. The molecule has 0 aromatic heterocycles. The number of hydrogen-bond donors (Lipinski definition) is 2. The predicted octanol–water partition coefficient (Wildman–Crippen LogP) is 2.95. The Morgan fingerprint density at radius 1 is 1.33 bits per heavy atom. The van der Waals surface area contributed by atoms with Crippen molar-refractivity contribution in [3.63, 3.8) is 0 Å². The molecule has 0 heterocycles. The minimum Gasteiger partial charge on any atom is -0.398 e. The minimum absolute atomic E-state index is 0.00625. The fourth-order valence-electron chi connectivity index (χ4n) is 3.36. The van der Waals surface area contributed by atoms with Gasteiger partial charge >= 0.3 is 0 Å². The zero-order chi connectivity index (χ0) is 12.7. The van der Waals surface area contributed by atoms with Crippen LogP contribution in [0.5, 0.6) is 0 Å². The summed E-state index contributed by atoms with van der Waals surface area (Å²) in [5.41, 5.74) is 7.06. The lowest BCUT2D eigenvalue weighted by atomic mass is 9.95. The Morgan fingerprint density at radius 3 is 2.78 bits per heavy atom. The van der Waals surface area contributed by atoms with Crippen LogP contribution in [0.25, 0.3) is 0 Å². The molecule has 18 heavy (non-hydrogen) atoms. The van der Waals surface area contributed by atoms with Crippen molar-refractivity contribution in [2.24, 2.45) is 11.8 Å². The SMILES string of the molecule is Nc1cc(C(=O)NC2CC3CCC2C3)ccc1Br. The third kappa shape index (κ3) is 2.14. The maximum atomic E-state index is 12.2. The summed E-state index contributed by atoms with van der Waals surface area (Å²) < 4.78 is 0.832. The number of hydrogen-bond acceptors (Lipinski definition) is 2. The molecule has 3 nitrogen and oxygen atoms in total. The van der Waals surface area contributed by atoms with Gasteiger partial charge in [-0.2, -0.15) is 0 Å². The van der Waals surface area contributed by atoms with Crippen molar-refractivity contribution in [3.8, 4) is 0 Å². The maximum absolute atomic E-state index is 12.2. The maximum Gasteiger partial charge on any atom is 0.251 e. The molecule has 0 spiro atoms. The highest BCUT2D eigenvalue weighted by atomic mass is 79.9. The number of nitrogen functional groups attached to an aromatic ring is 1. The molecule has 2 bridgehead atoms. The molecule has 1 aromatic rings. The Labute approximate surface area is 115 Å². The minimum atomic E-state index is 0.00625. The highest BCUT2D eigenvalue weighted by Crippen LogP contribution is 2.44. The van der Waals surface area contributed by atoms with Crippen molar-refractivity contribution in [1.82, 2.24) is 5.32 Å². The zero-order valence-electron chi connectivity index (χ0n) is 10.2. The second kappa shape index (κ2) is 4.57. The van der Waals surface area contributed by atoms with Gasteiger partial charge in [0.2, 0.25) is 0 Å². The number of anilines is 1. The molecule has 96 valence electrons. The monoisotopic (exact) mass is 308 g/mol. The molecule has 2 fully saturated rings. The average molecular weight is 309 g/mol. The Balaban J connectivity index is 1.69. The van der Waals surface area contributed by atoms with Crippen LogP contribution >= 0.6 is 15.9 Å². The van der Waals surface area contributed by atoms with E-state index in [1.54, 1.807) is 6.07 Å². The molecule has 3 N–H and O–H groups in total. The molecule has 2 aliphatic rings. The van der Waals surface area contributed by atoms with Gasteiger partial charge in [-0.25, -0.2) is 0 Å². The van der Waals surface area contributed by atoms with Crippen LogP contribution in [-0.4, -0.2) is 11.9 Å². The number of halogens is 1. The first-order chi connectivity index (χ1) is 8.63. The highest BCUT2D eigenvalue weighted by Gasteiger charge is 2.40. The summed E-state index contributed by atoms with van der Waals surface area (Å²) in [5.74, 6) is 1.55. The van der Waals surface area contributed by atoms with E-state index in [1.807, 2.05) is 12.1 Å². The van der Waals surface area contributed by atoms with Crippen LogP contribution < -0.4 is 11.1 Å². The van der Waals surface area contributed by atoms with Gasteiger partial charge in [0.25, 0.3) is 5.91 Å². The number of carbonyl (C=O) groups is 1. The number of rotatable bonds is 2. The lowest BCUT2D eigenvalue weighted by molar-refractivity contribution is 0.0923. The van der Waals surface area contributed by atoms with Gasteiger partial charge in [0.15, 0.2) is 0 Å². The number of benzene rings is 1. The molecular formula is C14H17BrN2O. The van der Waals surface area contributed by atoms with E-state index >= 15 is 0 Å². The lowest BCUT2D eigenvalue weighted by Crippen LogP contribution is -2.38. The summed E-state index contributed by atoms with van der Waals surface area (Å²) in [4.78, 5) is 12.2. The molecule has 0 saturated heterocycles. The van der Waals surface area contributed by atoms with Crippen LogP contribution in [0.1, 0.15) is 36.0 Å². The van der Waals surface area contributed by atoms with Crippen LogP contribution in [-0.2, 0) is 0 Å². The van der Waals surface area contributed by atoms with Crippen LogP contribution in [0.2, 0.25) is 0 Å². The number of fused-ring (bicyclic) bond motifs is 2. The second-order valence-electron chi connectivity index (χ2n) is 5.49. The van der Waals surface area contributed by atoms with Crippen LogP contribution in [0.15, 0.2) is 22.7 Å². The summed E-state index contributed by atoms with van der Waals surface area (Å²) >= 11 is 3.34. The molecular weight excluding hydrogens is 292 g/mol. The number of carbonyl (C=O) groups excluding carboxylic acids is 1. The van der Waals surface area contributed by atoms with E-state index in [2.05, 4.69) is 21.2 Å². The first-order valence-electron chi connectivity index (χ1n) is 6.49. The van der Waals surface area contributed by atoms with E-state index in [4.69, 9.17) is 5.73 Å². The molecule has 3 rings (SSSR count). The van der Waals surface area contributed by atoms with E-state index < -0.39 is 0 Å².